The summed E-state index contributed by atoms with van der Waals surface area (Å²) in [6, 6.07) is 0.442. The number of imidazole rings is 1. The number of amides is 1. The van der Waals surface area contributed by atoms with Crippen LogP contribution in [0.25, 0.3) is 0 Å². The highest BCUT2D eigenvalue weighted by Crippen LogP contribution is 2.05. The predicted molar refractivity (Wildman–Crippen MR) is 55.0 cm³/mol. The first-order valence-electron chi connectivity index (χ1n) is 4.86. The maximum atomic E-state index is 10.6. The zero-order valence-electron chi connectivity index (χ0n) is 8.95. The molecule has 1 rings (SSSR count). The highest BCUT2D eigenvalue weighted by atomic mass is 16.1. The molecule has 14 heavy (non-hydrogen) atoms. The normalized spacial score (nSPS) is 10.6. The van der Waals surface area contributed by atoms with Gasteiger partial charge in [0.05, 0.1) is 12.0 Å². The third-order valence-electron chi connectivity index (χ3n) is 2.01. The molecule has 0 aromatic carbocycles. The van der Waals surface area contributed by atoms with Crippen LogP contribution in [0.3, 0.4) is 0 Å². The highest BCUT2D eigenvalue weighted by Gasteiger charge is 2.01. The number of hydrogen-bond donors (Lipinski definition) is 1. The van der Waals surface area contributed by atoms with Crippen LogP contribution in [-0.2, 0) is 11.2 Å². The molecule has 0 unspecified atom stereocenters. The lowest BCUT2D eigenvalue weighted by Gasteiger charge is -2.03. The Hall–Kier alpha value is -1.32. The van der Waals surface area contributed by atoms with Gasteiger partial charge >= 0.3 is 0 Å². The van der Waals surface area contributed by atoms with Gasteiger partial charge in [-0.05, 0) is 13.8 Å². The maximum absolute atomic E-state index is 10.6. The lowest BCUT2D eigenvalue weighted by molar-refractivity contribution is -0.118. The molecule has 0 radical (unpaired) electrons. The Morgan fingerprint density at radius 1 is 1.64 bits per heavy atom. The van der Waals surface area contributed by atoms with Crippen molar-refractivity contribution < 1.29 is 4.79 Å². The van der Waals surface area contributed by atoms with Gasteiger partial charge in [0.1, 0.15) is 0 Å². The van der Waals surface area contributed by atoms with Crippen molar-refractivity contribution in [1.29, 1.82) is 0 Å². The predicted octanol–water partition coefficient (Wildman–Crippen LogP) is 1.14. The standard InChI is InChI=1S/C10H17N3O/c1-8(2)13-6-10(12-7-13)4-5-11-9(3)14/h6-8H,4-5H2,1-3H3,(H,11,14). The Morgan fingerprint density at radius 2 is 2.36 bits per heavy atom. The average molecular weight is 195 g/mol. The van der Waals surface area contributed by atoms with Crippen molar-refractivity contribution in [2.24, 2.45) is 0 Å². The van der Waals surface area contributed by atoms with E-state index in [0.29, 0.717) is 12.6 Å². The zero-order chi connectivity index (χ0) is 10.6. The summed E-state index contributed by atoms with van der Waals surface area (Å²) in [6.45, 7) is 6.40. The van der Waals surface area contributed by atoms with Crippen LogP contribution in [0.15, 0.2) is 12.5 Å². The molecule has 0 atom stereocenters. The average Bonchev–Trinajstić information content (AvgIpc) is 2.52. The van der Waals surface area contributed by atoms with Gasteiger partial charge < -0.3 is 9.88 Å². The summed E-state index contributed by atoms with van der Waals surface area (Å²) < 4.78 is 2.06. The van der Waals surface area contributed by atoms with Crippen molar-refractivity contribution in [3.05, 3.63) is 18.2 Å². The first-order valence-corrected chi connectivity index (χ1v) is 4.86. The van der Waals surface area contributed by atoms with Crippen LogP contribution in [0.2, 0.25) is 0 Å². The molecule has 1 N–H and O–H groups in total. The molecule has 0 aliphatic heterocycles. The molecular weight excluding hydrogens is 178 g/mol. The molecule has 0 aliphatic rings. The van der Waals surface area contributed by atoms with Crippen LogP contribution < -0.4 is 5.32 Å². The first-order chi connectivity index (χ1) is 6.59. The Morgan fingerprint density at radius 3 is 2.86 bits per heavy atom. The summed E-state index contributed by atoms with van der Waals surface area (Å²) in [5.41, 5.74) is 1.02. The molecule has 1 heterocycles. The van der Waals surface area contributed by atoms with Gasteiger partial charge in [-0.2, -0.15) is 0 Å². The summed E-state index contributed by atoms with van der Waals surface area (Å²) in [5, 5.41) is 2.74. The number of hydrogen-bond acceptors (Lipinski definition) is 2. The molecule has 4 nitrogen and oxygen atoms in total. The highest BCUT2D eigenvalue weighted by molar-refractivity contribution is 5.72. The first kappa shape index (κ1) is 10.8. The van der Waals surface area contributed by atoms with Crippen molar-refractivity contribution in [3.63, 3.8) is 0 Å². The van der Waals surface area contributed by atoms with E-state index in [9.17, 15) is 4.79 Å². The topological polar surface area (TPSA) is 46.9 Å². The molecular formula is C10H17N3O. The Labute approximate surface area is 84.3 Å². The summed E-state index contributed by atoms with van der Waals surface area (Å²) in [6.07, 6.45) is 4.64. The molecule has 1 aromatic rings. The lowest BCUT2D eigenvalue weighted by atomic mass is 10.3. The third kappa shape index (κ3) is 3.20. The van der Waals surface area contributed by atoms with Crippen LogP contribution in [0.5, 0.6) is 0 Å². The molecule has 0 saturated heterocycles. The van der Waals surface area contributed by atoms with E-state index in [-0.39, 0.29) is 5.91 Å². The van der Waals surface area contributed by atoms with Gasteiger partial charge in [-0.1, -0.05) is 0 Å². The second-order valence-electron chi connectivity index (χ2n) is 3.64. The number of carbonyl (C=O) groups is 1. The minimum atomic E-state index is 0.00768. The minimum Gasteiger partial charge on any atom is -0.356 e. The molecule has 0 fully saturated rings. The van der Waals surface area contributed by atoms with Gasteiger partial charge in [0.2, 0.25) is 5.91 Å². The molecule has 4 heteroatoms. The summed E-state index contributed by atoms with van der Waals surface area (Å²) in [5.74, 6) is 0.00768. The van der Waals surface area contributed by atoms with Crippen LogP contribution >= 0.6 is 0 Å². The summed E-state index contributed by atoms with van der Waals surface area (Å²) in [7, 11) is 0. The monoisotopic (exact) mass is 195 g/mol. The van der Waals surface area contributed by atoms with E-state index in [0.717, 1.165) is 12.1 Å². The van der Waals surface area contributed by atoms with Crippen molar-refractivity contribution in [3.8, 4) is 0 Å². The number of nitrogens with one attached hydrogen (secondary N) is 1. The van der Waals surface area contributed by atoms with Gasteiger partial charge in [-0.15, -0.1) is 0 Å². The van der Waals surface area contributed by atoms with Crippen LogP contribution in [-0.4, -0.2) is 22.0 Å². The summed E-state index contributed by atoms with van der Waals surface area (Å²) in [4.78, 5) is 14.9. The molecule has 0 spiro atoms. The smallest absolute Gasteiger partial charge is 0.216 e. The summed E-state index contributed by atoms with van der Waals surface area (Å²) >= 11 is 0. The van der Waals surface area contributed by atoms with Crippen LogP contribution in [0.1, 0.15) is 32.5 Å². The molecule has 1 amide bonds. The molecule has 0 saturated carbocycles. The Kier molecular flexibility index (Phi) is 3.68. The number of rotatable bonds is 4. The number of carbonyl (C=O) groups excluding carboxylic acids is 1. The fraction of sp³-hybridized carbons (Fsp3) is 0.600. The third-order valence-corrected chi connectivity index (χ3v) is 2.01. The van der Waals surface area contributed by atoms with Gasteiger partial charge in [0, 0.05) is 32.1 Å². The maximum Gasteiger partial charge on any atom is 0.216 e. The zero-order valence-corrected chi connectivity index (χ0v) is 8.95. The Balaban J connectivity index is 2.40. The minimum absolute atomic E-state index is 0.00768. The van der Waals surface area contributed by atoms with E-state index in [1.807, 2.05) is 12.5 Å². The van der Waals surface area contributed by atoms with Crippen molar-refractivity contribution >= 4 is 5.91 Å². The van der Waals surface area contributed by atoms with Crippen LogP contribution in [0.4, 0.5) is 0 Å². The van der Waals surface area contributed by atoms with Crippen molar-refractivity contribution in [2.45, 2.75) is 33.2 Å². The Bertz CT molecular complexity index is 304. The van der Waals surface area contributed by atoms with Crippen molar-refractivity contribution in [2.75, 3.05) is 6.54 Å². The van der Waals surface area contributed by atoms with Crippen molar-refractivity contribution in [1.82, 2.24) is 14.9 Å². The molecule has 0 bridgehead atoms. The molecule has 78 valence electrons. The number of nitrogens with zero attached hydrogens (tertiary/aromatic N) is 2. The van der Waals surface area contributed by atoms with Crippen LogP contribution in [0, 0.1) is 0 Å². The molecule has 1 aromatic heterocycles. The quantitative estimate of drug-likeness (QED) is 0.783. The van der Waals surface area contributed by atoms with Gasteiger partial charge in [-0.25, -0.2) is 4.98 Å². The van der Waals surface area contributed by atoms with Gasteiger partial charge in [0.25, 0.3) is 0 Å². The van der Waals surface area contributed by atoms with Gasteiger partial charge in [-0.3, -0.25) is 4.79 Å². The van der Waals surface area contributed by atoms with E-state index in [1.165, 1.54) is 6.92 Å². The SMILES string of the molecule is CC(=O)NCCc1cn(C(C)C)cn1. The molecule has 0 aliphatic carbocycles. The second kappa shape index (κ2) is 4.79. The van der Waals surface area contributed by atoms with E-state index in [4.69, 9.17) is 0 Å². The van der Waals surface area contributed by atoms with Gasteiger partial charge in [0.15, 0.2) is 0 Å². The largest absolute Gasteiger partial charge is 0.356 e. The second-order valence-corrected chi connectivity index (χ2v) is 3.64. The fourth-order valence-electron chi connectivity index (χ4n) is 1.16. The number of aromatic nitrogens is 2. The van der Waals surface area contributed by atoms with E-state index in [2.05, 4.69) is 28.7 Å². The van der Waals surface area contributed by atoms with E-state index < -0.39 is 0 Å². The van der Waals surface area contributed by atoms with E-state index >= 15 is 0 Å². The van der Waals surface area contributed by atoms with E-state index in [1.54, 1.807) is 0 Å². The fourth-order valence-corrected chi connectivity index (χ4v) is 1.16. The lowest BCUT2D eigenvalue weighted by Crippen LogP contribution is -2.22.